The number of carbonyl (C=O) groups excluding carboxylic acids is 1. The van der Waals surface area contributed by atoms with Crippen molar-refractivity contribution in [3.63, 3.8) is 0 Å². The molecule has 0 fully saturated rings. The average Bonchev–Trinajstić information content (AvgIpc) is 2.90. The topological polar surface area (TPSA) is 68.2 Å². The van der Waals surface area contributed by atoms with Crippen molar-refractivity contribution in [1.82, 2.24) is 19.9 Å². The molecule has 4 aromatic rings. The lowest BCUT2D eigenvalue weighted by Gasteiger charge is -2.35. The Bertz CT molecular complexity index is 1520. The monoisotopic (exact) mass is 536 g/mol. The van der Waals surface area contributed by atoms with Gasteiger partial charge in [-0.25, -0.2) is 14.4 Å². The number of hydrogen-bond acceptors (Lipinski definition) is 5. The standard InChI is InChI=1S/C29H24F4N4O2/c1-17-9-25-24(28(38)37(17)15-18-3-5-23(39-2)6-4-18)7-8-34-27(25)26-14-22(35-16-36-26)12-19-10-20(29(31,32)33)13-21(30)11-19/h3-8,10-11,13-14,16-17H,9,12,15H2,1-2H3. The minimum absolute atomic E-state index is 0.0314. The van der Waals surface area contributed by atoms with Crippen LogP contribution in [0.15, 0.2) is 67.1 Å². The number of pyridine rings is 1. The van der Waals surface area contributed by atoms with Gasteiger partial charge < -0.3 is 9.64 Å². The zero-order valence-electron chi connectivity index (χ0n) is 21.2. The number of carbonyl (C=O) groups is 1. The molecular weight excluding hydrogens is 512 g/mol. The van der Waals surface area contributed by atoms with Gasteiger partial charge in [0.25, 0.3) is 5.91 Å². The molecule has 0 radical (unpaired) electrons. The maximum atomic E-state index is 13.9. The summed E-state index contributed by atoms with van der Waals surface area (Å²) in [6, 6.07) is 13.1. The van der Waals surface area contributed by atoms with E-state index >= 15 is 0 Å². The van der Waals surface area contributed by atoms with Crippen LogP contribution in [0.5, 0.6) is 5.75 Å². The van der Waals surface area contributed by atoms with Crippen molar-refractivity contribution in [1.29, 1.82) is 0 Å². The van der Waals surface area contributed by atoms with Crippen LogP contribution in [0.3, 0.4) is 0 Å². The Balaban J connectivity index is 1.42. The summed E-state index contributed by atoms with van der Waals surface area (Å²) in [5.41, 5.74) is 2.66. The van der Waals surface area contributed by atoms with E-state index in [2.05, 4.69) is 15.0 Å². The molecule has 1 aliphatic rings. The van der Waals surface area contributed by atoms with E-state index in [1.165, 1.54) is 12.5 Å². The van der Waals surface area contributed by atoms with Crippen LogP contribution in [0.1, 0.15) is 45.2 Å². The molecular formula is C29H24F4N4O2. The number of ether oxygens (including phenoxy) is 1. The molecule has 0 N–H and O–H groups in total. The summed E-state index contributed by atoms with van der Waals surface area (Å²) < 4.78 is 58.5. The highest BCUT2D eigenvalue weighted by Gasteiger charge is 2.33. The minimum Gasteiger partial charge on any atom is -0.497 e. The molecule has 0 bridgehead atoms. The molecule has 2 aromatic carbocycles. The van der Waals surface area contributed by atoms with Gasteiger partial charge in [-0.15, -0.1) is 0 Å². The van der Waals surface area contributed by atoms with Crippen LogP contribution in [0.25, 0.3) is 11.4 Å². The first-order valence-electron chi connectivity index (χ1n) is 12.2. The molecule has 0 aliphatic carbocycles. The van der Waals surface area contributed by atoms with Crippen molar-refractivity contribution < 1.29 is 27.1 Å². The molecule has 6 nitrogen and oxygen atoms in total. The van der Waals surface area contributed by atoms with Crippen LogP contribution in [0, 0.1) is 5.82 Å². The predicted octanol–water partition coefficient (Wildman–Crippen LogP) is 5.88. The second-order valence-electron chi connectivity index (χ2n) is 9.44. The average molecular weight is 537 g/mol. The Hall–Kier alpha value is -4.34. The fraction of sp³-hybridized carbons (Fsp3) is 0.241. The number of alkyl halides is 3. The number of amides is 1. The summed E-state index contributed by atoms with van der Waals surface area (Å²) >= 11 is 0. The molecule has 0 saturated carbocycles. The van der Waals surface area contributed by atoms with Gasteiger partial charge in [0.15, 0.2) is 0 Å². The highest BCUT2D eigenvalue weighted by molar-refractivity contribution is 5.98. The maximum absolute atomic E-state index is 13.9. The number of hydrogen-bond donors (Lipinski definition) is 0. The summed E-state index contributed by atoms with van der Waals surface area (Å²) in [4.78, 5) is 28.3. The van der Waals surface area contributed by atoms with Crippen molar-refractivity contribution in [3.8, 4) is 17.1 Å². The van der Waals surface area contributed by atoms with E-state index in [0.29, 0.717) is 41.7 Å². The highest BCUT2D eigenvalue weighted by atomic mass is 19.4. The van der Waals surface area contributed by atoms with Gasteiger partial charge in [-0.1, -0.05) is 12.1 Å². The quantitative estimate of drug-likeness (QED) is 0.288. The summed E-state index contributed by atoms with van der Waals surface area (Å²) in [5, 5.41) is 0. The van der Waals surface area contributed by atoms with Crippen molar-refractivity contribution in [2.45, 2.75) is 38.5 Å². The Kier molecular flexibility index (Phi) is 7.03. The van der Waals surface area contributed by atoms with E-state index in [9.17, 15) is 22.4 Å². The van der Waals surface area contributed by atoms with Crippen LogP contribution in [0.4, 0.5) is 17.6 Å². The molecule has 2 aromatic heterocycles. The Morgan fingerprint density at radius 1 is 1.00 bits per heavy atom. The molecule has 0 saturated heterocycles. The second kappa shape index (κ2) is 10.4. The van der Waals surface area contributed by atoms with Gasteiger partial charge in [0.2, 0.25) is 0 Å². The number of benzene rings is 2. The number of fused-ring (bicyclic) bond motifs is 1. The third kappa shape index (κ3) is 5.59. The summed E-state index contributed by atoms with van der Waals surface area (Å²) in [6.07, 6.45) is -1.32. The van der Waals surface area contributed by atoms with E-state index in [-0.39, 0.29) is 23.9 Å². The lowest BCUT2D eigenvalue weighted by atomic mass is 9.91. The third-order valence-electron chi connectivity index (χ3n) is 6.73. The van der Waals surface area contributed by atoms with Gasteiger partial charge in [-0.05, 0) is 72.5 Å². The Morgan fingerprint density at radius 3 is 2.49 bits per heavy atom. The molecule has 1 amide bonds. The van der Waals surface area contributed by atoms with Crippen molar-refractivity contribution in [2.24, 2.45) is 0 Å². The number of aromatic nitrogens is 3. The van der Waals surface area contributed by atoms with Crippen LogP contribution in [-0.4, -0.2) is 38.9 Å². The van der Waals surface area contributed by atoms with Crippen LogP contribution in [-0.2, 0) is 25.6 Å². The van der Waals surface area contributed by atoms with E-state index in [0.717, 1.165) is 29.0 Å². The van der Waals surface area contributed by atoms with Crippen molar-refractivity contribution in [2.75, 3.05) is 7.11 Å². The first-order chi connectivity index (χ1) is 18.6. The van der Waals surface area contributed by atoms with Crippen LogP contribution >= 0.6 is 0 Å². The fourth-order valence-corrected chi connectivity index (χ4v) is 4.78. The van der Waals surface area contributed by atoms with Gasteiger partial charge in [0.1, 0.15) is 17.9 Å². The summed E-state index contributed by atoms with van der Waals surface area (Å²) in [7, 11) is 1.60. The molecule has 39 heavy (non-hydrogen) atoms. The molecule has 200 valence electrons. The van der Waals surface area contributed by atoms with E-state index in [1.807, 2.05) is 36.1 Å². The smallest absolute Gasteiger partial charge is 0.416 e. The number of nitrogens with zero attached hydrogens (tertiary/aromatic N) is 4. The number of methoxy groups -OCH3 is 1. The second-order valence-corrected chi connectivity index (χ2v) is 9.44. The van der Waals surface area contributed by atoms with E-state index in [1.54, 1.807) is 19.2 Å². The number of halogens is 4. The summed E-state index contributed by atoms with van der Waals surface area (Å²) in [6.45, 7) is 2.40. The molecule has 3 heterocycles. The molecule has 1 unspecified atom stereocenters. The largest absolute Gasteiger partial charge is 0.497 e. The minimum atomic E-state index is -4.66. The van der Waals surface area contributed by atoms with Gasteiger partial charge >= 0.3 is 6.18 Å². The normalized spacial score (nSPS) is 15.3. The Labute approximate surface area is 222 Å². The molecule has 5 rings (SSSR count). The maximum Gasteiger partial charge on any atom is 0.416 e. The lowest BCUT2D eigenvalue weighted by Crippen LogP contribution is -2.43. The predicted molar refractivity (Wildman–Crippen MR) is 136 cm³/mol. The van der Waals surface area contributed by atoms with Crippen molar-refractivity contribution >= 4 is 5.91 Å². The van der Waals surface area contributed by atoms with Gasteiger partial charge in [0, 0.05) is 36.5 Å². The van der Waals surface area contributed by atoms with E-state index in [4.69, 9.17) is 4.74 Å². The SMILES string of the molecule is COc1ccc(CN2C(=O)c3ccnc(-c4cc(Cc5cc(F)cc(C(F)(F)F)c5)ncn4)c3CC2C)cc1. The fourth-order valence-electron chi connectivity index (χ4n) is 4.78. The van der Waals surface area contributed by atoms with Crippen LogP contribution < -0.4 is 4.74 Å². The van der Waals surface area contributed by atoms with E-state index < -0.39 is 17.6 Å². The zero-order valence-corrected chi connectivity index (χ0v) is 21.2. The first-order valence-corrected chi connectivity index (χ1v) is 12.2. The third-order valence-corrected chi connectivity index (χ3v) is 6.73. The highest BCUT2D eigenvalue weighted by Crippen LogP contribution is 2.33. The van der Waals surface area contributed by atoms with Gasteiger partial charge in [-0.2, -0.15) is 13.2 Å². The molecule has 1 aliphatic heterocycles. The zero-order chi connectivity index (χ0) is 27.7. The molecule has 10 heteroatoms. The first kappa shape index (κ1) is 26.3. The summed E-state index contributed by atoms with van der Waals surface area (Å²) in [5.74, 6) is -0.364. The number of rotatable bonds is 6. The van der Waals surface area contributed by atoms with Gasteiger partial charge in [-0.3, -0.25) is 9.78 Å². The van der Waals surface area contributed by atoms with Gasteiger partial charge in [0.05, 0.1) is 24.1 Å². The molecule has 1 atom stereocenters. The molecule has 0 spiro atoms. The Morgan fingerprint density at radius 2 is 1.77 bits per heavy atom. The lowest BCUT2D eigenvalue weighted by molar-refractivity contribution is -0.137. The van der Waals surface area contributed by atoms with Crippen molar-refractivity contribution in [3.05, 3.63) is 106 Å². The van der Waals surface area contributed by atoms with Crippen LogP contribution in [0.2, 0.25) is 0 Å².